The van der Waals surface area contributed by atoms with Gasteiger partial charge >= 0.3 is 0 Å². The summed E-state index contributed by atoms with van der Waals surface area (Å²) in [6.07, 6.45) is 4.99. The molecule has 0 spiro atoms. The summed E-state index contributed by atoms with van der Waals surface area (Å²) in [5.41, 5.74) is 0. The number of nitrogens with zero attached hydrogens (tertiary/aromatic N) is 2. The number of Topliss-reactive ketones (excluding diaryl/α,β-unsaturated/α-hetero) is 1. The maximum absolute atomic E-state index is 11.2. The number of methoxy groups -OCH3 is 1. The van der Waals surface area contributed by atoms with E-state index in [9.17, 15) is 4.79 Å². The molecular weight excluding hydrogens is 216 g/mol. The van der Waals surface area contributed by atoms with E-state index in [-0.39, 0.29) is 0 Å². The van der Waals surface area contributed by atoms with Gasteiger partial charge in [-0.3, -0.25) is 4.79 Å². The topological polar surface area (TPSA) is 42.4 Å². The Morgan fingerprint density at radius 2 is 2.06 bits per heavy atom. The molecule has 1 aliphatic rings. The van der Waals surface area contributed by atoms with Crippen molar-refractivity contribution in [3.8, 4) is 5.75 Å². The molecule has 1 heterocycles. The van der Waals surface area contributed by atoms with Gasteiger partial charge in [0.15, 0.2) is 0 Å². The number of carbonyl (C=O) groups is 1. The van der Waals surface area contributed by atoms with Gasteiger partial charge in [0.2, 0.25) is 0 Å². The third kappa shape index (κ3) is 2.75. The van der Waals surface area contributed by atoms with E-state index < -0.39 is 0 Å². The van der Waals surface area contributed by atoms with E-state index in [1.54, 1.807) is 13.3 Å². The van der Waals surface area contributed by atoms with Crippen molar-refractivity contribution in [3.63, 3.8) is 0 Å². The van der Waals surface area contributed by atoms with E-state index in [0.29, 0.717) is 24.7 Å². The molecule has 2 rings (SSSR count). The zero-order valence-corrected chi connectivity index (χ0v) is 10.3. The van der Waals surface area contributed by atoms with Gasteiger partial charge < -0.3 is 9.64 Å². The fourth-order valence-electron chi connectivity index (χ4n) is 2.20. The van der Waals surface area contributed by atoms with Gasteiger partial charge in [0.05, 0.1) is 13.3 Å². The minimum absolute atomic E-state index is 0.386. The number of ether oxygens (including phenoxy) is 1. The predicted octanol–water partition coefficient (Wildman–Crippen LogP) is 2.04. The molecule has 0 radical (unpaired) electrons. The summed E-state index contributed by atoms with van der Waals surface area (Å²) in [6.45, 7) is 0. The number of ketones is 1. The first-order valence-corrected chi connectivity index (χ1v) is 5.95. The van der Waals surface area contributed by atoms with E-state index in [1.807, 2.05) is 19.2 Å². The third-order valence-corrected chi connectivity index (χ3v) is 3.38. The first-order chi connectivity index (χ1) is 8.20. The summed E-state index contributed by atoms with van der Waals surface area (Å²) < 4.78 is 5.08. The Bertz CT molecular complexity index is 379. The fourth-order valence-corrected chi connectivity index (χ4v) is 2.20. The molecule has 1 aliphatic carbocycles. The summed E-state index contributed by atoms with van der Waals surface area (Å²) >= 11 is 0. The van der Waals surface area contributed by atoms with Gasteiger partial charge in [-0.25, -0.2) is 4.98 Å². The molecule has 4 nitrogen and oxygen atoms in total. The molecule has 0 bridgehead atoms. The van der Waals surface area contributed by atoms with Crippen molar-refractivity contribution in [2.75, 3.05) is 19.1 Å². The number of pyridine rings is 1. The minimum Gasteiger partial charge on any atom is -0.495 e. The molecule has 0 atom stereocenters. The Kier molecular flexibility index (Phi) is 3.61. The maximum atomic E-state index is 11.2. The molecule has 92 valence electrons. The Hall–Kier alpha value is -1.58. The second-order valence-corrected chi connectivity index (χ2v) is 4.44. The summed E-state index contributed by atoms with van der Waals surface area (Å²) in [4.78, 5) is 17.7. The highest BCUT2D eigenvalue weighted by molar-refractivity contribution is 5.79. The largest absolute Gasteiger partial charge is 0.495 e. The molecular formula is C13H18N2O2. The fraction of sp³-hybridized carbons (Fsp3) is 0.538. The van der Waals surface area contributed by atoms with Crippen molar-refractivity contribution < 1.29 is 9.53 Å². The van der Waals surface area contributed by atoms with E-state index in [1.165, 1.54) is 0 Å². The Balaban J connectivity index is 2.03. The quantitative estimate of drug-likeness (QED) is 0.802. The van der Waals surface area contributed by atoms with Gasteiger partial charge in [-0.15, -0.1) is 0 Å². The van der Waals surface area contributed by atoms with Crippen molar-refractivity contribution in [1.29, 1.82) is 0 Å². The summed E-state index contributed by atoms with van der Waals surface area (Å²) in [5, 5.41) is 0. The first kappa shape index (κ1) is 11.9. The van der Waals surface area contributed by atoms with Crippen LogP contribution in [0.2, 0.25) is 0 Å². The van der Waals surface area contributed by atoms with Gasteiger partial charge in [-0.1, -0.05) is 0 Å². The maximum Gasteiger partial charge on any atom is 0.137 e. The zero-order chi connectivity index (χ0) is 12.3. The smallest absolute Gasteiger partial charge is 0.137 e. The van der Waals surface area contributed by atoms with Crippen LogP contribution >= 0.6 is 0 Å². The second-order valence-electron chi connectivity index (χ2n) is 4.44. The number of aromatic nitrogens is 1. The Morgan fingerprint density at radius 3 is 2.59 bits per heavy atom. The number of hydrogen-bond acceptors (Lipinski definition) is 4. The highest BCUT2D eigenvalue weighted by Crippen LogP contribution is 2.24. The van der Waals surface area contributed by atoms with Crippen LogP contribution in [0.3, 0.4) is 0 Å². The summed E-state index contributed by atoms with van der Waals surface area (Å²) in [6, 6.07) is 4.29. The lowest BCUT2D eigenvalue weighted by Crippen LogP contribution is -2.35. The highest BCUT2D eigenvalue weighted by Gasteiger charge is 2.22. The van der Waals surface area contributed by atoms with Crippen LogP contribution in [0.5, 0.6) is 5.75 Å². The van der Waals surface area contributed by atoms with Crippen molar-refractivity contribution in [2.45, 2.75) is 31.7 Å². The SMILES string of the molecule is COc1ccc(N(C)C2CCC(=O)CC2)nc1. The highest BCUT2D eigenvalue weighted by atomic mass is 16.5. The lowest BCUT2D eigenvalue weighted by molar-refractivity contribution is -0.120. The molecule has 1 fully saturated rings. The van der Waals surface area contributed by atoms with E-state index in [2.05, 4.69) is 9.88 Å². The normalized spacial score (nSPS) is 16.9. The first-order valence-electron chi connectivity index (χ1n) is 5.95. The molecule has 4 heteroatoms. The number of carbonyl (C=O) groups excluding carboxylic acids is 1. The minimum atomic E-state index is 0.386. The average molecular weight is 234 g/mol. The lowest BCUT2D eigenvalue weighted by Gasteiger charge is -2.31. The average Bonchev–Trinajstić information content (AvgIpc) is 2.39. The molecule has 0 aromatic carbocycles. The van der Waals surface area contributed by atoms with Gasteiger partial charge in [-0.05, 0) is 25.0 Å². The standard InChI is InChI=1S/C13H18N2O2/c1-15(10-3-5-11(16)6-4-10)13-8-7-12(17-2)9-14-13/h7-10H,3-6H2,1-2H3. The lowest BCUT2D eigenvalue weighted by atomic mass is 9.93. The van der Waals surface area contributed by atoms with E-state index >= 15 is 0 Å². The van der Waals surface area contributed by atoms with Crippen molar-refractivity contribution in [2.24, 2.45) is 0 Å². The van der Waals surface area contributed by atoms with Crippen LogP contribution in [-0.4, -0.2) is 31.0 Å². The zero-order valence-electron chi connectivity index (χ0n) is 10.3. The van der Waals surface area contributed by atoms with Crippen molar-refractivity contribution in [1.82, 2.24) is 4.98 Å². The van der Waals surface area contributed by atoms with Gasteiger partial charge in [0.1, 0.15) is 17.4 Å². The molecule has 0 amide bonds. The second kappa shape index (κ2) is 5.17. The number of anilines is 1. The van der Waals surface area contributed by atoms with Crippen LogP contribution in [0, 0.1) is 0 Å². The molecule has 0 aliphatic heterocycles. The van der Waals surface area contributed by atoms with Crippen molar-refractivity contribution in [3.05, 3.63) is 18.3 Å². The van der Waals surface area contributed by atoms with E-state index in [0.717, 1.165) is 24.4 Å². The van der Waals surface area contributed by atoms with Crippen LogP contribution in [-0.2, 0) is 4.79 Å². The van der Waals surface area contributed by atoms with Crippen LogP contribution in [0.15, 0.2) is 18.3 Å². The molecule has 17 heavy (non-hydrogen) atoms. The molecule has 1 saturated carbocycles. The number of rotatable bonds is 3. The van der Waals surface area contributed by atoms with Crippen LogP contribution in [0.25, 0.3) is 0 Å². The van der Waals surface area contributed by atoms with Crippen molar-refractivity contribution >= 4 is 11.6 Å². The molecule has 0 N–H and O–H groups in total. The van der Waals surface area contributed by atoms with Crippen LogP contribution < -0.4 is 9.64 Å². The summed E-state index contributed by atoms with van der Waals surface area (Å²) in [7, 11) is 3.67. The molecule has 1 aromatic rings. The Morgan fingerprint density at radius 1 is 1.35 bits per heavy atom. The molecule has 0 unspecified atom stereocenters. The molecule has 0 saturated heterocycles. The third-order valence-electron chi connectivity index (χ3n) is 3.38. The molecule has 1 aromatic heterocycles. The summed E-state index contributed by atoms with van der Waals surface area (Å²) in [5.74, 6) is 2.09. The monoisotopic (exact) mass is 234 g/mol. The van der Waals surface area contributed by atoms with E-state index in [4.69, 9.17) is 4.74 Å². The van der Waals surface area contributed by atoms with Crippen LogP contribution in [0.1, 0.15) is 25.7 Å². The predicted molar refractivity (Wildman–Crippen MR) is 66.5 cm³/mol. The van der Waals surface area contributed by atoms with Gasteiger partial charge in [0.25, 0.3) is 0 Å². The van der Waals surface area contributed by atoms with Gasteiger partial charge in [0, 0.05) is 25.9 Å². The number of hydrogen-bond donors (Lipinski definition) is 0. The van der Waals surface area contributed by atoms with Gasteiger partial charge in [-0.2, -0.15) is 0 Å². The Labute approximate surface area is 102 Å². The van der Waals surface area contributed by atoms with Crippen LogP contribution in [0.4, 0.5) is 5.82 Å².